The molecule has 94 valence electrons. The molecular weight excluding hydrogens is 218 g/mol. The summed E-state index contributed by atoms with van der Waals surface area (Å²) in [5.41, 5.74) is 0. The average molecular weight is 237 g/mol. The minimum Gasteiger partial charge on any atom is -0.478 e. The van der Waals surface area contributed by atoms with Crippen LogP contribution in [0.25, 0.3) is 0 Å². The molecule has 1 saturated heterocycles. The predicted octanol–water partition coefficient (Wildman–Crippen LogP) is 1.25. The predicted molar refractivity (Wildman–Crippen MR) is 64.3 cm³/mol. The lowest BCUT2D eigenvalue weighted by molar-refractivity contribution is 0.202. The summed E-state index contributed by atoms with van der Waals surface area (Å²) in [4.78, 5) is 8.24. The Labute approximate surface area is 102 Å². The van der Waals surface area contributed by atoms with Crippen LogP contribution in [0.3, 0.4) is 0 Å². The largest absolute Gasteiger partial charge is 0.478 e. The number of ether oxygens (including phenoxy) is 2. The molecule has 0 bridgehead atoms. The van der Waals surface area contributed by atoms with E-state index in [0.717, 1.165) is 13.1 Å². The highest BCUT2D eigenvalue weighted by atomic mass is 16.5. The summed E-state index contributed by atoms with van der Waals surface area (Å²) in [7, 11) is 0. The highest BCUT2D eigenvalue weighted by Crippen LogP contribution is 2.14. The third kappa shape index (κ3) is 3.85. The van der Waals surface area contributed by atoms with E-state index in [0.29, 0.717) is 31.0 Å². The first-order valence-electron chi connectivity index (χ1n) is 6.18. The van der Waals surface area contributed by atoms with Gasteiger partial charge >= 0.3 is 6.01 Å². The highest BCUT2D eigenvalue weighted by Gasteiger charge is 2.14. The molecule has 1 N–H and O–H groups in total. The van der Waals surface area contributed by atoms with Gasteiger partial charge < -0.3 is 14.8 Å². The summed E-state index contributed by atoms with van der Waals surface area (Å²) in [6.45, 7) is 5.33. The van der Waals surface area contributed by atoms with Crippen LogP contribution in [0.5, 0.6) is 11.9 Å². The molecular formula is C12H19N3O2. The maximum atomic E-state index is 5.59. The van der Waals surface area contributed by atoms with Gasteiger partial charge in [-0.15, -0.1) is 0 Å². The fourth-order valence-electron chi connectivity index (χ4n) is 1.88. The Morgan fingerprint density at radius 1 is 1.47 bits per heavy atom. The topological polar surface area (TPSA) is 56.3 Å². The Hall–Kier alpha value is -1.36. The Kier molecular flexibility index (Phi) is 4.55. The van der Waals surface area contributed by atoms with Gasteiger partial charge in [0.2, 0.25) is 5.88 Å². The summed E-state index contributed by atoms with van der Waals surface area (Å²) in [5.74, 6) is 1.13. The van der Waals surface area contributed by atoms with E-state index >= 15 is 0 Å². The number of nitrogens with one attached hydrogen (secondary N) is 1. The second-order valence-electron chi connectivity index (χ2n) is 4.13. The quantitative estimate of drug-likeness (QED) is 0.835. The lowest BCUT2D eigenvalue weighted by Crippen LogP contribution is -2.33. The first-order valence-corrected chi connectivity index (χ1v) is 6.18. The number of hydrogen-bond donors (Lipinski definition) is 1. The summed E-state index contributed by atoms with van der Waals surface area (Å²) < 4.78 is 10.9. The zero-order chi connectivity index (χ0) is 11.9. The molecule has 1 aliphatic rings. The molecule has 5 nitrogen and oxygen atoms in total. The zero-order valence-electron chi connectivity index (χ0n) is 10.2. The molecule has 1 unspecified atom stereocenters. The van der Waals surface area contributed by atoms with Gasteiger partial charge in [0.15, 0.2) is 0 Å². The van der Waals surface area contributed by atoms with E-state index in [9.17, 15) is 0 Å². The fraction of sp³-hybridized carbons (Fsp3) is 0.667. The van der Waals surface area contributed by atoms with Crippen LogP contribution in [0.2, 0.25) is 0 Å². The Bertz CT molecular complexity index is 340. The smallest absolute Gasteiger partial charge is 0.319 e. The van der Waals surface area contributed by atoms with E-state index in [1.165, 1.54) is 12.8 Å². The van der Waals surface area contributed by atoms with Gasteiger partial charge in [0, 0.05) is 24.7 Å². The van der Waals surface area contributed by atoms with Gasteiger partial charge in [-0.05, 0) is 26.3 Å². The molecule has 5 heteroatoms. The second-order valence-corrected chi connectivity index (χ2v) is 4.13. The molecule has 0 aromatic carbocycles. The van der Waals surface area contributed by atoms with E-state index in [4.69, 9.17) is 9.47 Å². The maximum Gasteiger partial charge on any atom is 0.319 e. The van der Waals surface area contributed by atoms with E-state index in [2.05, 4.69) is 15.3 Å². The monoisotopic (exact) mass is 237 g/mol. The Balaban J connectivity index is 1.83. The molecule has 1 aromatic rings. The molecule has 0 saturated carbocycles. The third-order valence-electron chi connectivity index (χ3n) is 2.75. The van der Waals surface area contributed by atoms with E-state index < -0.39 is 0 Å². The molecule has 17 heavy (non-hydrogen) atoms. The first kappa shape index (κ1) is 12.1. The van der Waals surface area contributed by atoms with Crippen molar-refractivity contribution < 1.29 is 9.47 Å². The molecule has 0 amide bonds. The standard InChI is InChI=1S/C12H19N3O2/c1-2-16-11-5-7-14-12(15-11)17-9-10-4-3-6-13-8-10/h5,7,10,13H,2-4,6,8-9H2,1H3. The minimum atomic E-state index is 0.404. The van der Waals surface area contributed by atoms with Crippen molar-refractivity contribution >= 4 is 0 Å². The highest BCUT2D eigenvalue weighted by molar-refractivity contribution is 5.10. The first-order chi connectivity index (χ1) is 8.38. The van der Waals surface area contributed by atoms with Crippen molar-refractivity contribution in [1.82, 2.24) is 15.3 Å². The minimum absolute atomic E-state index is 0.404. The van der Waals surface area contributed by atoms with E-state index in [1.54, 1.807) is 12.3 Å². The number of nitrogens with zero attached hydrogens (tertiary/aromatic N) is 2. The van der Waals surface area contributed by atoms with Crippen LogP contribution in [0, 0.1) is 5.92 Å². The van der Waals surface area contributed by atoms with Crippen LogP contribution in [0.15, 0.2) is 12.3 Å². The molecule has 1 atom stereocenters. The van der Waals surface area contributed by atoms with Gasteiger partial charge in [0.25, 0.3) is 0 Å². The van der Waals surface area contributed by atoms with Gasteiger partial charge in [-0.2, -0.15) is 4.98 Å². The lowest BCUT2D eigenvalue weighted by Gasteiger charge is -2.22. The summed E-state index contributed by atoms with van der Waals surface area (Å²) in [5, 5.41) is 3.36. The molecule has 0 aliphatic carbocycles. The van der Waals surface area contributed by atoms with Crippen molar-refractivity contribution in [2.75, 3.05) is 26.3 Å². The van der Waals surface area contributed by atoms with Crippen molar-refractivity contribution in [1.29, 1.82) is 0 Å². The van der Waals surface area contributed by atoms with Crippen molar-refractivity contribution in [3.05, 3.63) is 12.3 Å². The summed E-state index contributed by atoms with van der Waals surface area (Å²) in [6.07, 6.45) is 4.08. The van der Waals surface area contributed by atoms with Crippen LogP contribution in [0.4, 0.5) is 0 Å². The van der Waals surface area contributed by atoms with E-state index in [1.807, 2.05) is 6.92 Å². The third-order valence-corrected chi connectivity index (χ3v) is 2.75. The Morgan fingerprint density at radius 3 is 3.18 bits per heavy atom. The molecule has 0 spiro atoms. The van der Waals surface area contributed by atoms with Crippen molar-refractivity contribution in [2.24, 2.45) is 5.92 Å². The van der Waals surface area contributed by atoms with Crippen molar-refractivity contribution in [2.45, 2.75) is 19.8 Å². The van der Waals surface area contributed by atoms with Crippen molar-refractivity contribution in [3.63, 3.8) is 0 Å². The summed E-state index contributed by atoms with van der Waals surface area (Å²) in [6, 6.07) is 2.14. The van der Waals surface area contributed by atoms with Gasteiger partial charge in [-0.25, -0.2) is 4.98 Å². The average Bonchev–Trinajstić information content (AvgIpc) is 2.39. The zero-order valence-corrected chi connectivity index (χ0v) is 10.2. The van der Waals surface area contributed by atoms with Crippen LogP contribution < -0.4 is 14.8 Å². The molecule has 1 fully saturated rings. The van der Waals surface area contributed by atoms with Gasteiger partial charge in [-0.3, -0.25) is 0 Å². The molecule has 2 heterocycles. The summed E-state index contributed by atoms with van der Waals surface area (Å²) >= 11 is 0. The maximum absolute atomic E-state index is 5.59. The number of rotatable bonds is 5. The Morgan fingerprint density at radius 2 is 2.41 bits per heavy atom. The van der Waals surface area contributed by atoms with Gasteiger partial charge in [0.1, 0.15) is 0 Å². The number of aromatic nitrogens is 2. The van der Waals surface area contributed by atoms with Crippen molar-refractivity contribution in [3.8, 4) is 11.9 Å². The van der Waals surface area contributed by atoms with Crippen LogP contribution in [-0.2, 0) is 0 Å². The van der Waals surface area contributed by atoms with Crippen LogP contribution in [-0.4, -0.2) is 36.3 Å². The lowest BCUT2D eigenvalue weighted by atomic mass is 10.0. The van der Waals surface area contributed by atoms with Gasteiger partial charge in [-0.1, -0.05) is 0 Å². The van der Waals surface area contributed by atoms with Gasteiger partial charge in [0.05, 0.1) is 13.2 Å². The second kappa shape index (κ2) is 6.39. The SMILES string of the molecule is CCOc1ccnc(OCC2CCCNC2)n1. The fourth-order valence-corrected chi connectivity index (χ4v) is 1.88. The molecule has 1 aromatic heterocycles. The molecule has 2 rings (SSSR count). The van der Waals surface area contributed by atoms with Crippen LogP contribution >= 0.6 is 0 Å². The normalized spacial score (nSPS) is 19.9. The number of piperidine rings is 1. The number of hydrogen-bond acceptors (Lipinski definition) is 5. The molecule has 0 radical (unpaired) electrons. The molecule has 1 aliphatic heterocycles. The van der Waals surface area contributed by atoms with Crippen LogP contribution in [0.1, 0.15) is 19.8 Å². The van der Waals surface area contributed by atoms with E-state index in [-0.39, 0.29) is 0 Å².